The number of aryl methyl sites for hydroxylation is 1. The number of anilines is 2. The van der Waals surface area contributed by atoms with E-state index in [-0.39, 0.29) is 11.7 Å². The standard InChI is InChI=1S/C18H21N7OS2/c1-5-10-25-16(13-6-8-14(9-7-13)24(3)4)21-23-18(25)27-11-15(26)19-17-22-20-12(2)28-17/h5-9H,1,10-11H2,2-4H3,(H,19,22,26). The van der Waals surface area contributed by atoms with E-state index >= 15 is 0 Å². The Balaban J connectivity index is 1.73. The summed E-state index contributed by atoms with van der Waals surface area (Å²) in [5.74, 6) is 0.784. The van der Waals surface area contributed by atoms with Gasteiger partial charge in [-0.15, -0.1) is 27.0 Å². The topological polar surface area (TPSA) is 88.8 Å². The highest BCUT2D eigenvalue weighted by Crippen LogP contribution is 2.26. The van der Waals surface area contributed by atoms with Gasteiger partial charge in [0.2, 0.25) is 11.0 Å². The van der Waals surface area contributed by atoms with Crippen molar-refractivity contribution in [1.29, 1.82) is 0 Å². The van der Waals surface area contributed by atoms with Crippen LogP contribution in [0.4, 0.5) is 10.8 Å². The average Bonchev–Trinajstić information content (AvgIpc) is 3.26. The average molecular weight is 416 g/mol. The van der Waals surface area contributed by atoms with Crippen molar-refractivity contribution in [3.8, 4) is 11.4 Å². The molecule has 10 heteroatoms. The summed E-state index contributed by atoms with van der Waals surface area (Å²) >= 11 is 2.66. The third-order valence-corrected chi connectivity index (χ3v) is 5.50. The Morgan fingerprint density at radius 2 is 2.00 bits per heavy atom. The molecule has 0 saturated carbocycles. The molecule has 1 N–H and O–H groups in total. The number of nitrogens with one attached hydrogen (secondary N) is 1. The third-order valence-electron chi connectivity index (χ3n) is 3.78. The highest BCUT2D eigenvalue weighted by molar-refractivity contribution is 7.99. The lowest BCUT2D eigenvalue weighted by Crippen LogP contribution is -2.14. The first-order chi connectivity index (χ1) is 13.5. The van der Waals surface area contributed by atoms with Crippen molar-refractivity contribution in [3.63, 3.8) is 0 Å². The van der Waals surface area contributed by atoms with Crippen molar-refractivity contribution in [2.24, 2.45) is 0 Å². The fourth-order valence-corrected chi connectivity index (χ4v) is 3.80. The quantitative estimate of drug-likeness (QED) is 0.447. The largest absolute Gasteiger partial charge is 0.378 e. The van der Waals surface area contributed by atoms with E-state index < -0.39 is 0 Å². The lowest BCUT2D eigenvalue weighted by atomic mass is 10.2. The highest BCUT2D eigenvalue weighted by Gasteiger charge is 2.16. The minimum atomic E-state index is -0.161. The molecule has 0 fully saturated rings. The number of thioether (sulfide) groups is 1. The predicted molar refractivity (Wildman–Crippen MR) is 114 cm³/mol. The molecule has 0 aliphatic carbocycles. The van der Waals surface area contributed by atoms with E-state index in [4.69, 9.17) is 0 Å². The Morgan fingerprint density at radius 1 is 1.25 bits per heavy atom. The zero-order chi connectivity index (χ0) is 20.1. The number of nitrogens with zero attached hydrogens (tertiary/aromatic N) is 6. The molecule has 2 heterocycles. The van der Waals surface area contributed by atoms with Crippen molar-refractivity contribution < 1.29 is 4.79 Å². The molecular formula is C18H21N7OS2. The van der Waals surface area contributed by atoms with Gasteiger partial charge in [0.25, 0.3) is 0 Å². The normalized spacial score (nSPS) is 10.7. The Bertz CT molecular complexity index is 963. The fraction of sp³-hybridized carbons (Fsp3) is 0.278. The first-order valence-electron chi connectivity index (χ1n) is 8.52. The van der Waals surface area contributed by atoms with E-state index in [0.717, 1.165) is 22.1 Å². The molecular weight excluding hydrogens is 394 g/mol. The van der Waals surface area contributed by atoms with Gasteiger partial charge in [0.1, 0.15) is 5.01 Å². The molecule has 3 aromatic rings. The van der Waals surface area contributed by atoms with Crippen LogP contribution in [-0.2, 0) is 11.3 Å². The van der Waals surface area contributed by atoms with Gasteiger partial charge in [-0.05, 0) is 31.2 Å². The number of allylic oxidation sites excluding steroid dienone is 1. The summed E-state index contributed by atoms with van der Waals surface area (Å²) < 4.78 is 1.95. The molecule has 0 aliphatic rings. The number of hydrogen-bond donors (Lipinski definition) is 1. The maximum atomic E-state index is 12.2. The third kappa shape index (κ3) is 4.76. The number of aromatic nitrogens is 5. The van der Waals surface area contributed by atoms with E-state index in [2.05, 4.69) is 32.3 Å². The van der Waals surface area contributed by atoms with E-state index in [1.807, 2.05) is 54.8 Å². The van der Waals surface area contributed by atoms with Crippen molar-refractivity contribution >= 4 is 39.8 Å². The van der Waals surface area contributed by atoms with E-state index in [1.165, 1.54) is 23.1 Å². The molecule has 1 amide bonds. The van der Waals surface area contributed by atoms with E-state index in [9.17, 15) is 4.79 Å². The molecule has 3 rings (SSSR count). The van der Waals surface area contributed by atoms with Crippen molar-refractivity contribution in [1.82, 2.24) is 25.0 Å². The van der Waals surface area contributed by atoms with Crippen molar-refractivity contribution in [3.05, 3.63) is 41.9 Å². The summed E-state index contributed by atoms with van der Waals surface area (Å²) in [5.41, 5.74) is 2.07. The van der Waals surface area contributed by atoms with Crippen LogP contribution in [0.1, 0.15) is 5.01 Å². The molecule has 28 heavy (non-hydrogen) atoms. The lowest BCUT2D eigenvalue weighted by Gasteiger charge is -2.13. The molecule has 146 valence electrons. The Morgan fingerprint density at radius 3 is 2.61 bits per heavy atom. The molecule has 0 unspecified atom stereocenters. The minimum Gasteiger partial charge on any atom is -0.378 e. The minimum absolute atomic E-state index is 0.161. The monoisotopic (exact) mass is 415 g/mol. The van der Waals surface area contributed by atoms with Gasteiger partial charge in [-0.2, -0.15) is 0 Å². The second-order valence-electron chi connectivity index (χ2n) is 6.11. The zero-order valence-electron chi connectivity index (χ0n) is 15.9. The number of amides is 1. The van der Waals surface area contributed by atoms with Gasteiger partial charge in [-0.25, -0.2) is 0 Å². The second-order valence-corrected chi connectivity index (χ2v) is 8.23. The van der Waals surface area contributed by atoms with Crippen LogP contribution in [0, 0.1) is 6.92 Å². The van der Waals surface area contributed by atoms with Gasteiger partial charge < -0.3 is 4.90 Å². The van der Waals surface area contributed by atoms with Crippen LogP contribution in [-0.4, -0.2) is 50.7 Å². The molecule has 0 atom stereocenters. The number of carbonyl (C=O) groups excluding carboxylic acids is 1. The summed E-state index contributed by atoms with van der Waals surface area (Å²) in [6.07, 6.45) is 1.79. The summed E-state index contributed by atoms with van der Waals surface area (Å²) in [6, 6.07) is 8.09. The molecule has 0 spiro atoms. The maximum absolute atomic E-state index is 12.2. The first kappa shape index (κ1) is 20.0. The van der Waals surface area contributed by atoms with Crippen molar-refractivity contribution in [2.75, 3.05) is 30.1 Å². The van der Waals surface area contributed by atoms with Gasteiger partial charge in [0, 0.05) is 31.9 Å². The number of hydrogen-bond acceptors (Lipinski definition) is 8. The highest BCUT2D eigenvalue weighted by atomic mass is 32.2. The SMILES string of the molecule is C=CCn1c(SCC(=O)Nc2nnc(C)s2)nnc1-c1ccc(N(C)C)cc1. The van der Waals surface area contributed by atoms with Crippen LogP contribution in [0.5, 0.6) is 0 Å². The molecule has 0 radical (unpaired) electrons. The summed E-state index contributed by atoms with van der Waals surface area (Å²) in [7, 11) is 4.00. The molecule has 0 aliphatic heterocycles. The Hall–Kier alpha value is -2.72. The molecule has 1 aromatic carbocycles. The molecule has 8 nitrogen and oxygen atoms in total. The molecule has 0 bridgehead atoms. The van der Waals surface area contributed by atoms with Crippen LogP contribution in [0.2, 0.25) is 0 Å². The smallest absolute Gasteiger partial charge is 0.236 e. The van der Waals surface area contributed by atoms with E-state index in [1.54, 1.807) is 6.08 Å². The van der Waals surface area contributed by atoms with Gasteiger partial charge in [-0.1, -0.05) is 29.2 Å². The summed E-state index contributed by atoms with van der Waals surface area (Å²) in [6.45, 7) is 6.21. The second kappa shape index (κ2) is 8.98. The van der Waals surface area contributed by atoms with Gasteiger partial charge in [0.15, 0.2) is 11.0 Å². The van der Waals surface area contributed by atoms with Gasteiger partial charge in [0.05, 0.1) is 5.75 Å². The van der Waals surface area contributed by atoms with Crippen LogP contribution < -0.4 is 10.2 Å². The van der Waals surface area contributed by atoms with Crippen LogP contribution >= 0.6 is 23.1 Å². The molecule has 0 saturated heterocycles. The van der Waals surface area contributed by atoms with Crippen molar-refractivity contribution in [2.45, 2.75) is 18.6 Å². The fourth-order valence-electron chi connectivity index (χ4n) is 2.44. The van der Waals surface area contributed by atoms with Gasteiger partial charge >= 0.3 is 0 Å². The Kier molecular flexibility index (Phi) is 6.42. The lowest BCUT2D eigenvalue weighted by molar-refractivity contribution is -0.113. The predicted octanol–water partition coefficient (Wildman–Crippen LogP) is 3.09. The number of rotatable bonds is 8. The summed E-state index contributed by atoms with van der Waals surface area (Å²) in [4.78, 5) is 14.2. The summed E-state index contributed by atoms with van der Waals surface area (Å²) in [5, 5.41) is 21.1. The zero-order valence-corrected chi connectivity index (χ0v) is 17.5. The van der Waals surface area contributed by atoms with Gasteiger partial charge in [-0.3, -0.25) is 14.7 Å². The van der Waals surface area contributed by atoms with Crippen LogP contribution in [0.15, 0.2) is 42.1 Å². The van der Waals surface area contributed by atoms with E-state index in [0.29, 0.717) is 16.8 Å². The first-order valence-corrected chi connectivity index (χ1v) is 10.3. The van der Waals surface area contributed by atoms with Crippen LogP contribution in [0.3, 0.4) is 0 Å². The molecule has 2 aromatic heterocycles. The number of carbonyl (C=O) groups is 1. The Labute approximate surface area is 171 Å². The number of benzene rings is 1. The van der Waals surface area contributed by atoms with Crippen LogP contribution in [0.25, 0.3) is 11.4 Å². The maximum Gasteiger partial charge on any atom is 0.236 e.